The van der Waals surface area contributed by atoms with Gasteiger partial charge in [-0.1, -0.05) is 81.4 Å². The van der Waals surface area contributed by atoms with Gasteiger partial charge in [-0.15, -0.1) is 0 Å². The van der Waals surface area contributed by atoms with E-state index < -0.39 is 26.0 Å². The van der Waals surface area contributed by atoms with E-state index in [1.807, 2.05) is 36.4 Å². The smallest absolute Gasteiger partial charge is 0.372 e. The minimum atomic E-state index is -2.61. The fourth-order valence-electron chi connectivity index (χ4n) is 3.73. The first kappa shape index (κ1) is 26.4. The average Bonchev–Trinajstić information content (AvgIpc) is 2.79. The summed E-state index contributed by atoms with van der Waals surface area (Å²) < 4.78 is 17.3. The second-order valence-electron chi connectivity index (χ2n) is 8.57. The lowest BCUT2D eigenvalue weighted by Crippen LogP contribution is -2.66. The molecule has 0 aliphatic carbocycles. The Labute approximate surface area is 195 Å². The summed E-state index contributed by atoms with van der Waals surface area (Å²) in [7, 11) is -2.61. The van der Waals surface area contributed by atoms with E-state index in [2.05, 4.69) is 45.0 Å². The average molecular weight is 473 g/mol. The summed E-state index contributed by atoms with van der Waals surface area (Å²) in [6, 6.07) is 20.6. The molecule has 0 saturated heterocycles. The molecule has 8 heteroatoms. The van der Waals surface area contributed by atoms with Crippen molar-refractivity contribution in [3.8, 4) is 0 Å². The topological polar surface area (TPSA) is 99.1 Å². The van der Waals surface area contributed by atoms with E-state index in [0.29, 0.717) is 13.2 Å². The number of hydrogen-bond acceptors (Lipinski definition) is 6. The molecule has 0 unspecified atom stereocenters. The van der Waals surface area contributed by atoms with Crippen LogP contribution in [-0.2, 0) is 28.3 Å². The third-order valence-electron chi connectivity index (χ3n) is 5.25. The van der Waals surface area contributed by atoms with Crippen molar-refractivity contribution in [1.82, 2.24) is 0 Å². The number of benzene rings is 2. The highest BCUT2D eigenvalue weighted by atomic mass is 28.4. The van der Waals surface area contributed by atoms with Gasteiger partial charge in [0.25, 0.3) is 8.32 Å². The van der Waals surface area contributed by atoms with Gasteiger partial charge in [0.05, 0.1) is 26.2 Å². The van der Waals surface area contributed by atoms with Gasteiger partial charge in [0, 0.05) is 6.42 Å². The molecule has 0 aliphatic rings. The van der Waals surface area contributed by atoms with Crippen LogP contribution < -0.4 is 10.4 Å². The van der Waals surface area contributed by atoms with Crippen molar-refractivity contribution < 1.29 is 33.4 Å². The van der Waals surface area contributed by atoms with Crippen molar-refractivity contribution in [3.63, 3.8) is 0 Å². The van der Waals surface area contributed by atoms with Crippen LogP contribution in [-0.4, -0.2) is 57.6 Å². The molecule has 0 fully saturated rings. The molecule has 0 heterocycles. The summed E-state index contributed by atoms with van der Waals surface area (Å²) in [6.45, 7) is 7.54. The molecule has 0 radical (unpaired) electrons. The van der Waals surface area contributed by atoms with Crippen molar-refractivity contribution in [2.75, 3.05) is 26.4 Å². The predicted octanol–water partition coefficient (Wildman–Crippen LogP) is 2.56. The Bertz CT molecular complexity index is 868. The number of Topliss-reactive ketones (excluding diaryl/α,β-unsaturated/α-hetero) is 1. The zero-order valence-electron chi connectivity index (χ0n) is 19.4. The standard InChI is InChI=1S/C25H32O7Si/c1-25(2,3)33(20-10-6-4-7-11-20,21-12-8-5-9-13-21)32-19-17-30-16-18-31-23(27)15-14-22(26)24(28)29/h4-13H,14-19H2,1-3H3,(H,28,29). The van der Waals surface area contributed by atoms with Crippen LogP contribution in [0, 0.1) is 0 Å². The van der Waals surface area contributed by atoms with E-state index in [1.54, 1.807) is 0 Å². The molecule has 0 bridgehead atoms. The number of carboxylic acid groups (broad SMARTS) is 1. The maximum Gasteiger partial charge on any atom is 0.372 e. The number of hydrogen-bond donors (Lipinski definition) is 1. The Kier molecular flexibility index (Phi) is 9.96. The molecule has 2 rings (SSSR count). The number of ether oxygens (including phenoxy) is 2. The van der Waals surface area contributed by atoms with Crippen LogP contribution in [0.15, 0.2) is 60.7 Å². The molecule has 2 aromatic rings. The summed E-state index contributed by atoms with van der Waals surface area (Å²) in [5.74, 6) is -3.19. The molecule has 0 spiro atoms. The highest BCUT2D eigenvalue weighted by molar-refractivity contribution is 6.99. The van der Waals surface area contributed by atoms with E-state index in [4.69, 9.17) is 19.0 Å². The van der Waals surface area contributed by atoms with Gasteiger partial charge in [0.1, 0.15) is 6.61 Å². The first-order valence-electron chi connectivity index (χ1n) is 10.9. The predicted molar refractivity (Wildman–Crippen MR) is 127 cm³/mol. The van der Waals surface area contributed by atoms with Crippen molar-refractivity contribution in [3.05, 3.63) is 60.7 Å². The Hall–Kier alpha value is -2.81. The van der Waals surface area contributed by atoms with Gasteiger partial charge in [0.2, 0.25) is 5.78 Å². The Morgan fingerprint density at radius 2 is 1.30 bits per heavy atom. The van der Waals surface area contributed by atoms with E-state index in [0.717, 1.165) is 0 Å². The minimum absolute atomic E-state index is 0.0271. The van der Waals surface area contributed by atoms with Crippen LogP contribution >= 0.6 is 0 Å². The highest BCUT2D eigenvalue weighted by Gasteiger charge is 2.49. The maximum absolute atomic E-state index is 11.6. The normalized spacial score (nSPS) is 11.7. The monoisotopic (exact) mass is 472 g/mol. The number of ketones is 1. The Balaban J connectivity index is 1.91. The molecular weight excluding hydrogens is 440 g/mol. The van der Waals surface area contributed by atoms with Crippen molar-refractivity contribution in [1.29, 1.82) is 0 Å². The molecule has 33 heavy (non-hydrogen) atoms. The lowest BCUT2D eigenvalue weighted by molar-refractivity contribution is -0.151. The van der Waals surface area contributed by atoms with Crippen molar-refractivity contribution in [2.24, 2.45) is 0 Å². The molecule has 0 atom stereocenters. The van der Waals surface area contributed by atoms with E-state index >= 15 is 0 Å². The fourth-order valence-corrected chi connectivity index (χ4v) is 8.27. The Morgan fingerprint density at radius 1 is 0.788 bits per heavy atom. The number of carbonyl (C=O) groups excluding carboxylic acids is 2. The lowest BCUT2D eigenvalue weighted by Gasteiger charge is -2.43. The van der Waals surface area contributed by atoms with Gasteiger partial charge in [-0.25, -0.2) is 4.79 Å². The van der Waals surface area contributed by atoms with Crippen molar-refractivity contribution in [2.45, 2.75) is 38.7 Å². The van der Waals surface area contributed by atoms with E-state index in [9.17, 15) is 14.4 Å². The van der Waals surface area contributed by atoms with Gasteiger partial charge in [-0.2, -0.15) is 0 Å². The van der Waals surface area contributed by atoms with Gasteiger partial charge in [-0.05, 0) is 15.4 Å². The van der Waals surface area contributed by atoms with Crippen LogP contribution in [0.5, 0.6) is 0 Å². The summed E-state index contributed by atoms with van der Waals surface area (Å²) in [4.78, 5) is 33.0. The van der Waals surface area contributed by atoms with Crippen LogP contribution in [0.4, 0.5) is 0 Å². The molecule has 0 amide bonds. The first-order valence-corrected chi connectivity index (χ1v) is 12.8. The molecule has 2 aromatic carbocycles. The zero-order valence-corrected chi connectivity index (χ0v) is 20.4. The molecule has 7 nitrogen and oxygen atoms in total. The van der Waals surface area contributed by atoms with E-state index in [1.165, 1.54) is 10.4 Å². The number of rotatable bonds is 13. The second-order valence-corrected chi connectivity index (χ2v) is 12.9. The molecule has 0 aromatic heterocycles. The van der Waals surface area contributed by atoms with Crippen molar-refractivity contribution >= 4 is 36.4 Å². The Morgan fingerprint density at radius 3 is 1.79 bits per heavy atom. The summed E-state index contributed by atoms with van der Waals surface area (Å²) in [6.07, 6.45) is -0.635. The number of esters is 1. The van der Waals surface area contributed by atoms with Gasteiger partial charge in [0.15, 0.2) is 0 Å². The number of carboxylic acids is 1. The third-order valence-corrected chi connectivity index (χ3v) is 10.3. The largest absolute Gasteiger partial charge is 0.476 e. The summed E-state index contributed by atoms with van der Waals surface area (Å²) in [5, 5.41) is 10.8. The molecular formula is C25H32O7Si. The van der Waals surface area contributed by atoms with Crippen LogP contribution in [0.2, 0.25) is 5.04 Å². The summed E-state index contributed by atoms with van der Waals surface area (Å²) >= 11 is 0. The fraction of sp³-hybridized carbons (Fsp3) is 0.400. The second kappa shape index (κ2) is 12.4. The molecule has 0 saturated carbocycles. The first-order chi connectivity index (χ1) is 15.7. The minimum Gasteiger partial charge on any atom is -0.476 e. The maximum atomic E-state index is 11.6. The number of aliphatic carboxylic acids is 1. The number of carbonyl (C=O) groups is 3. The zero-order chi connectivity index (χ0) is 24.3. The molecule has 1 N–H and O–H groups in total. The van der Waals surface area contributed by atoms with Crippen LogP contribution in [0.1, 0.15) is 33.6 Å². The van der Waals surface area contributed by atoms with Crippen LogP contribution in [0.25, 0.3) is 0 Å². The lowest BCUT2D eigenvalue weighted by atomic mass is 10.2. The highest BCUT2D eigenvalue weighted by Crippen LogP contribution is 2.36. The van der Waals surface area contributed by atoms with Gasteiger partial charge >= 0.3 is 11.9 Å². The molecule has 0 aliphatic heterocycles. The van der Waals surface area contributed by atoms with Gasteiger partial charge < -0.3 is 19.0 Å². The SMILES string of the molecule is CC(C)(C)[Si](OCCOCCOC(=O)CCC(=O)C(=O)O)(c1ccccc1)c1ccccc1. The summed E-state index contributed by atoms with van der Waals surface area (Å²) in [5.41, 5.74) is 0. The quantitative estimate of drug-likeness (QED) is 0.207. The van der Waals surface area contributed by atoms with E-state index in [-0.39, 0.29) is 31.1 Å². The third kappa shape index (κ3) is 7.35. The molecule has 178 valence electrons. The van der Waals surface area contributed by atoms with Gasteiger partial charge in [-0.3, -0.25) is 9.59 Å². The van der Waals surface area contributed by atoms with Crippen LogP contribution in [0.3, 0.4) is 0 Å².